The molecular formula is C19H23NO3. The summed E-state index contributed by atoms with van der Waals surface area (Å²) in [5.41, 5.74) is 9.01. The number of nitrogens with two attached hydrogens (primary N) is 1. The van der Waals surface area contributed by atoms with Crippen LogP contribution in [0, 0.1) is 0 Å². The van der Waals surface area contributed by atoms with Crippen LogP contribution in [0.4, 0.5) is 0 Å². The lowest BCUT2D eigenvalue weighted by atomic mass is 9.94. The SMILES string of the molecule is COc1ccc(-c2cccc3c2O[C@H](CCN)CC3)c(OC)c1. The van der Waals surface area contributed by atoms with Gasteiger partial charge in [0.2, 0.25) is 0 Å². The average Bonchev–Trinajstić information content (AvgIpc) is 2.61. The maximum atomic E-state index is 6.25. The molecule has 0 spiro atoms. The van der Waals surface area contributed by atoms with Crippen LogP contribution in [0.2, 0.25) is 0 Å². The van der Waals surface area contributed by atoms with Gasteiger partial charge in [0.15, 0.2) is 0 Å². The highest BCUT2D eigenvalue weighted by Gasteiger charge is 2.23. The van der Waals surface area contributed by atoms with Gasteiger partial charge in [-0.3, -0.25) is 0 Å². The number of rotatable bonds is 5. The second-order valence-corrected chi connectivity index (χ2v) is 5.72. The Bertz CT molecular complexity index is 684. The first-order valence-corrected chi connectivity index (χ1v) is 7.97. The van der Waals surface area contributed by atoms with Gasteiger partial charge in [-0.05, 0) is 43.5 Å². The predicted molar refractivity (Wildman–Crippen MR) is 91.4 cm³/mol. The molecule has 0 fully saturated rings. The normalized spacial score (nSPS) is 16.4. The van der Waals surface area contributed by atoms with E-state index in [1.807, 2.05) is 18.2 Å². The Labute approximate surface area is 137 Å². The van der Waals surface area contributed by atoms with Crippen molar-refractivity contribution in [2.24, 2.45) is 5.73 Å². The number of benzene rings is 2. The van der Waals surface area contributed by atoms with Crippen LogP contribution in [0.15, 0.2) is 36.4 Å². The van der Waals surface area contributed by atoms with Crippen LogP contribution in [-0.4, -0.2) is 26.9 Å². The highest BCUT2D eigenvalue weighted by Crippen LogP contribution is 2.42. The summed E-state index contributed by atoms with van der Waals surface area (Å²) in [5.74, 6) is 2.51. The molecule has 2 aromatic rings. The zero-order valence-electron chi connectivity index (χ0n) is 13.7. The van der Waals surface area contributed by atoms with E-state index in [2.05, 4.69) is 18.2 Å². The summed E-state index contributed by atoms with van der Waals surface area (Å²) in [6.07, 6.45) is 3.12. The van der Waals surface area contributed by atoms with Gasteiger partial charge in [-0.15, -0.1) is 0 Å². The van der Waals surface area contributed by atoms with Crippen molar-refractivity contribution < 1.29 is 14.2 Å². The summed E-state index contributed by atoms with van der Waals surface area (Å²) in [6, 6.07) is 12.1. The second-order valence-electron chi connectivity index (χ2n) is 5.72. The molecule has 1 aliphatic heterocycles. The quantitative estimate of drug-likeness (QED) is 0.919. The van der Waals surface area contributed by atoms with E-state index in [0.29, 0.717) is 6.54 Å². The number of ether oxygens (including phenoxy) is 3. The van der Waals surface area contributed by atoms with Gasteiger partial charge in [0.1, 0.15) is 23.4 Å². The number of hydrogen-bond donors (Lipinski definition) is 1. The van der Waals surface area contributed by atoms with Crippen LogP contribution >= 0.6 is 0 Å². The van der Waals surface area contributed by atoms with Crippen LogP contribution in [0.3, 0.4) is 0 Å². The number of hydrogen-bond acceptors (Lipinski definition) is 4. The topological polar surface area (TPSA) is 53.7 Å². The molecule has 4 nitrogen and oxygen atoms in total. The minimum atomic E-state index is 0.192. The van der Waals surface area contributed by atoms with E-state index in [4.69, 9.17) is 19.9 Å². The standard InChI is InChI=1S/C19H23NO3/c1-21-15-8-9-16(18(12-15)22-2)17-5-3-4-13-6-7-14(10-11-20)23-19(13)17/h3-5,8-9,12,14H,6-7,10-11,20H2,1-2H3/t14-/m0/s1. The van der Waals surface area contributed by atoms with Gasteiger partial charge in [0.05, 0.1) is 14.2 Å². The first-order chi connectivity index (χ1) is 11.3. The monoisotopic (exact) mass is 313 g/mol. The highest BCUT2D eigenvalue weighted by atomic mass is 16.5. The fourth-order valence-electron chi connectivity index (χ4n) is 3.09. The predicted octanol–water partition coefficient (Wildman–Crippen LogP) is 3.41. The minimum Gasteiger partial charge on any atom is -0.497 e. The van der Waals surface area contributed by atoms with Crippen LogP contribution in [0.1, 0.15) is 18.4 Å². The molecule has 122 valence electrons. The average molecular weight is 313 g/mol. The van der Waals surface area contributed by atoms with E-state index in [1.54, 1.807) is 14.2 Å². The minimum absolute atomic E-state index is 0.192. The van der Waals surface area contributed by atoms with E-state index in [-0.39, 0.29) is 6.10 Å². The molecule has 0 aliphatic carbocycles. The van der Waals surface area contributed by atoms with Gasteiger partial charge >= 0.3 is 0 Å². The largest absolute Gasteiger partial charge is 0.497 e. The van der Waals surface area contributed by atoms with E-state index < -0.39 is 0 Å². The number of methoxy groups -OCH3 is 2. The number of aryl methyl sites for hydroxylation is 1. The molecule has 0 unspecified atom stereocenters. The first-order valence-electron chi connectivity index (χ1n) is 7.97. The maximum Gasteiger partial charge on any atom is 0.130 e. The van der Waals surface area contributed by atoms with Gasteiger partial charge in [0, 0.05) is 17.2 Å². The summed E-state index contributed by atoms with van der Waals surface area (Å²) >= 11 is 0. The molecule has 2 N–H and O–H groups in total. The highest BCUT2D eigenvalue weighted by molar-refractivity contribution is 5.78. The molecule has 0 radical (unpaired) electrons. The summed E-state index contributed by atoms with van der Waals surface area (Å²) in [7, 11) is 3.32. The smallest absolute Gasteiger partial charge is 0.130 e. The lowest BCUT2D eigenvalue weighted by Crippen LogP contribution is -2.25. The van der Waals surface area contributed by atoms with Crippen LogP contribution < -0.4 is 19.9 Å². The van der Waals surface area contributed by atoms with Crippen molar-refractivity contribution in [3.63, 3.8) is 0 Å². The summed E-state index contributed by atoms with van der Waals surface area (Å²) in [5, 5.41) is 0. The van der Waals surface area contributed by atoms with E-state index in [9.17, 15) is 0 Å². The molecule has 0 saturated heterocycles. The Morgan fingerprint density at radius 1 is 1.13 bits per heavy atom. The van der Waals surface area contributed by atoms with Crippen molar-refractivity contribution >= 4 is 0 Å². The molecule has 3 rings (SSSR count). The molecule has 1 atom stereocenters. The molecule has 1 aliphatic rings. The van der Waals surface area contributed by atoms with Crippen LogP contribution in [-0.2, 0) is 6.42 Å². The second kappa shape index (κ2) is 6.92. The summed E-state index contributed by atoms with van der Waals surface area (Å²) in [6.45, 7) is 0.647. The Morgan fingerprint density at radius 2 is 2.00 bits per heavy atom. The Kier molecular flexibility index (Phi) is 4.72. The van der Waals surface area contributed by atoms with Crippen molar-refractivity contribution in [3.8, 4) is 28.4 Å². The van der Waals surface area contributed by atoms with Crippen molar-refractivity contribution in [2.45, 2.75) is 25.4 Å². The van der Waals surface area contributed by atoms with Crippen LogP contribution in [0.5, 0.6) is 17.2 Å². The van der Waals surface area contributed by atoms with Gasteiger partial charge in [-0.1, -0.05) is 18.2 Å². The zero-order valence-corrected chi connectivity index (χ0v) is 13.7. The number of fused-ring (bicyclic) bond motifs is 1. The summed E-state index contributed by atoms with van der Waals surface area (Å²) in [4.78, 5) is 0. The van der Waals surface area contributed by atoms with Gasteiger partial charge < -0.3 is 19.9 Å². The molecule has 0 bridgehead atoms. The molecule has 0 aromatic heterocycles. The van der Waals surface area contributed by atoms with Crippen LogP contribution in [0.25, 0.3) is 11.1 Å². The Hall–Kier alpha value is -2.20. The lowest BCUT2D eigenvalue weighted by molar-refractivity contribution is 0.167. The molecule has 2 aromatic carbocycles. The third-order valence-corrected chi connectivity index (χ3v) is 4.30. The number of para-hydroxylation sites is 1. The van der Waals surface area contributed by atoms with Crippen molar-refractivity contribution in [1.82, 2.24) is 0 Å². The Balaban J connectivity index is 2.04. The zero-order chi connectivity index (χ0) is 16.2. The van der Waals surface area contributed by atoms with E-state index in [1.165, 1.54) is 5.56 Å². The fraction of sp³-hybridized carbons (Fsp3) is 0.368. The van der Waals surface area contributed by atoms with Crippen molar-refractivity contribution in [2.75, 3.05) is 20.8 Å². The molecule has 0 saturated carbocycles. The van der Waals surface area contributed by atoms with Crippen molar-refractivity contribution in [1.29, 1.82) is 0 Å². The van der Waals surface area contributed by atoms with Gasteiger partial charge in [0.25, 0.3) is 0 Å². The van der Waals surface area contributed by atoms with Gasteiger partial charge in [-0.2, -0.15) is 0 Å². The molecule has 0 amide bonds. The fourth-order valence-corrected chi connectivity index (χ4v) is 3.09. The van der Waals surface area contributed by atoms with Crippen molar-refractivity contribution in [3.05, 3.63) is 42.0 Å². The third kappa shape index (κ3) is 3.13. The first kappa shape index (κ1) is 15.7. The third-order valence-electron chi connectivity index (χ3n) is 4.30. The molecule has 4 heteroatoms. The summed E-state index contributed by atoms with van der Waals surface area (Å²) < 4.78 is 17.1. The lowest BCUT2D eigenvalue weighted by Gasteiger charge is -2.28. The van der Waals surface area contributed by atoms with E-state index >= 15 is 0 Å². The maximum absolute atomic E-state index is 6.25. The van der Waals surface area contributed by atoms with E-state index in [0.717, 1.165) is 47.6 Å². The molecular weight excluding hydrogens is 290 g/mol. The molecule has 23 heavy (non-hydrogen) atoms. The van der Waals surface area contributed by atoms with Gasteiger partial charge in [-0.25, -0.2) is 0 Å². The molecule has 1 heterocycles. The Morgan fingerprint density at radius 3 is 2.74 bits per heavy atom.